The van der Waals surface area contributed by atoms with Crippen LogP contribution in [0.25, 0.3) is 0 Å². The summed E-state index contributed by atoms with van der Waals surface area (Å²) in [6.45, 7) is 2.29. The van der Waals surface area contributed by atoms with E-state index in [1.165, 1.54) is 23.9 Å². The lowest BCUT2D eigenvalue weighted by Crippen LogP contribution is -2.05. The fourth-order valence-corrected chi connectivity index (χ4v) is 3.50. The minimum absolute atomic E-state index is 0.0293. The molecule has 0 aliphatic carbocycles. The van der Waals surface area contributed by atoms with E-state index in [1.54, 1.807) is 13.2 Å². The summed E-state index contributed by atoms with van der Waals surface area (Å²) in [4.78, 5) is 10.6. The molecular formula is C19H20N4O4S. The molecule has 0 saturated carbocycles. The normalized spacial score (nSPS) is 10.7. The number of aromatic nitrogens is 3. The van der Waals surface area contributed by atoms with E-state index >= 15 is 0 Å². The van der Waals surface area contributed by atoms with Crippen molar-refractivity contribution >= 4 is 17.4 Å². The van der Waals surface area contributed by atoms with Crippen LogP contribution < -0.4 is 9.47 Å². The smallest absolute Gasteiger partial charge is 0.270 e. The van der Waals surface area contributed by atoms with Gasteiger partial charge in [0, 0.05) is 30.5 Å². The molecule has 0 N–H and O–H groups in total. The number of nitro benzene ring substituents is 1. The van der Waals surface area contributed by atoms with Crippen molar-refractivity contribution in [1.29, 1.82) is 0 Å². The number of rotatable bonds is 8. The molecule has 0 saturated heterocycles. The van der Waals surface area contributed by atoms with Gasteiger partial charge in [0.2, 0.25) is 0 Å². The minimum atomic E-state index is -0.420. The van der Waals surface area contributed by atoms with Gasteiger partial charge in [0.1, 0.15) is 18.1 Å². The fraction of sp³-hybridized carbons (Fsp3) is 0.263. The molecule has 1 aromatic heterocycles. The lowest BCUT2D eigenvalue weighted by atomic mass is 10.2. The summed E-state index contributed by atoms with van der Waals surface area (Å²) >= 11 is 1.43. The van der Waals surface area contributed by atoms with Gasteiger partial charge in [0.05, 0.1) is 12.0 Å². The summed E-state index contributed by atoms with van der Waals surface area (Å²) in [5.74, 6) is 2.57. The zero-order valence-corrected chi connectivity index (χ0v) is 16.6. The SMILES string of the molecule is COc1ccc([N+](=O)[O-])cc1CSc1nnc(COc2ccccc2C)n1C. The molecule has 0 amide bonds. The molecule has 3 rings (SSSR count). The molecule has 0 bridgehead atoms. The summed E-state index contributed by atoms with van der Waals surface area (Å²) in [7, 11) is 3.40. The summed E-state index contributed by atoms with van der Waals surface area (Å²) in [6, 6.07) is 12.3. The Morgan fingerprint density at radius 2 is 1.96 bits per heavy atom. The molecule has 28 heavy (non-hydrogen) atoms. The molecule has 0 radical (unpaired) electrons. The molecule has 0 spiro atoms. The highest BCUT2D eigenvalue weighted by Gasteiger charge is 2.15. The zero-order chi connectivity index (χ0) is 20.1. The molecule has 3 aromatic rings. The van der Waals surface area contributed by atoms with Crippen molar-refractivity contribution in [1.82, 2.24) is 14.8 Å². The van der Waals surface area contributed by atoms with Gasteiger partial charge < -0.3 is 14.0 Å². The second-order valence-electron chi connectivity index (χ2n) is 6.05. The summed E-state index contributed by atoms with van der Waals surface area (Å²) in [6.07, 6.45) is 0. The van der Waals surface area contributed by atoms with Crippen molar-refractivity contribution < 1.29 is 14.4 Å². The maximum atomic E-state index is 11.0. The quantitative estimate of drug-likeness (QED) is 0.321. The predicted octanol–water partition coefficient (Wildman–Crippen LogP) is 3.91. The van der Waals surface area contributed by atoms with Crippen molar-refractivity contribution in [3.63, 3.8) is 0 Å². The standard InChI is InChI=1S/C19H20N4O4S/c1-13-6-4-5-7-16(13)27-11-18-20-21-19(22(18)2)28-12-14-10-15(23(24)25)8-9-17(14)26-3/h4-10H,11-12H2,1-3H3. The number of hydrogen-bond acceptors (Lipinski definition) is 7. The van der Waals surface area contributed by atoms with E-state index in [2.05, 4.69) is 10.2 Å². The van der Waals surface area contributed by atoms with Gasteiger partial charge in [-0.25, -0.2) is 0 Å². The van der Waals surface area contributed by atoms with E-state index in [0.29, 0.717) is 29.1 Å². The number of thioether (sulfide) groups is 1. The van der Waals surface area contributed by atoms with Gasteiger partial charge in [-0.15, -0.1) is 10.2 Å². The number of hydrogen-bond donors (Lipinski definition) is 0. The summed E-state index contributed by atoms with van der Waals surface area (Å²) < 4.78 is 13.0. The van der Waals surface area contributed by atoms with E-state index in [9.17, 15) is 10.1 Å². The molecule has 0 aliphatic heterocycles. The average molecular weight is 400 g/mol. The number of benzene rings is 2. The monoisotopic (exact) mass is 400 g/mol. The molecule has 0 aliphatic rings. The molecule has 0 atom stereocenters. The van der Waals surface area contributed by atoms with Gasteiger partial charge >= 0.3 is 0 Å². The molecule has 8 nitrogen and oxygen atoms in total. The Kier molecular flexibility index (Phi) is 6.15. The lowest BCUT2D eigenvalue weighted by molar-refractivity contribution is -0.384. The third kappa shape index (κ3) is 4.42. The van der Waals surface area contributed by atoms with Crippen LogP contribution in [0.5, 0.6) is 11.5 Å². The third-order valence-electron chi connectivity index (χ3n) is 4.21. The lowest BCUT2D eigenvalue weighted by Gasteiger charge is -2.09. The molecular weight excluding hydrogens is 380 g/mol. The van der Waals surface area contributed by atoms with E-state index in [1.807, 2.05) is 42.8 Å². The topological polar surface area (TPSA) is 92.3 Å². The first-order valence-corrected chi connectivity index (χ1v) is 9.49. The number of ether oxygens (including phenoxy) is 2. The first kappa shape index (κ1) is 19.7. The van der Waals surface area contributed by atoms with Crippen LogP contribution in [-0.4, -0.2) is 26.8 Å². The first-order chi connectivity index (χ1) is 13.5. The minimum Gasteiger partial charge on any atom is -0.496 e. The zero-order valence-electron chi connectivity index (χ0n) is 15.8. The predicted molar refractivity (Wildman–Crippen MR) is 106 cm³/mol. The van der Waals surface area contributed by atoms with Crippen molar-refractivity contribution in [2.75, 3.05) is 7.11 Å². The van der Waals surface area contributed by atoms with Crippen LogP contribution in [0, 0.1) is 17.0 Å². The van der Waals surface area contributed by atoms with Gasteiger partial charge in [-0.3, -0.25) is 10.1 Å². The highest BCUT2D eigenvalue weighted by Crippen LogP contribution is 2.30. The summed E-state index contributed by atoms with van der Waals surface area (Å²) in [5.41, 5.74) is 1.81. The van der Waals surface area contributed by atoms with Crippen LogP contribution in [0.15, 0.2) is 47.6 Å². The van der Waals surface area contributed by atoms with Crippen LogP contribution in [0.3, 0.4) is 0 Å². The third-order valence-corrected chi connectivity index (χ3v) is 5.28. The Hall–Kier alpha value is -3.07. The van der Waals surface area contributed by atoms with Gasteiger partial charge in [-0.1, -0.05) is 30.0 Å². The van der Waals surface area contributed by atoms with E-state index in [-0.39, 0.29) is 5.69 Å². The van der Waals surface area contributed by atoms with E-state index in [0.717, 1.165) is 16.9 Å². The Morgan fingerprint density at radius 1 is 1.18 bits per heavy atom. The van der Waals surface area contributed by atoms with Gasteiger partial charge in [-0.2, -0.15) is 0 Å². The Morgan fingerprint density at radius 3 is 2.68 bits per heavy atom. The molecule has 0 unspecified atom stereocenters. The Bertz CT molecular complexity index is 990. The molecule has 2 aromatic carbocycles. The second-order valence-corrected chi connectivity index (χ2v) is 7.00. The Balaban J connectivity index is 1.69. The van der Waals surface area contributed by atoms with Gasteiger partial charge in [0.15, 0.2) is 11.0 Å². The average Bonchev–Trinajstić information content (AvgIpc) is 3.05. The van der Waals surface area contributed by atoms with Crippen LogP contribution in [0.2, 0.25) is 0 Å². The van der Waals surface area contributed by atoms with Crippen molar-refractivity contribution in [3.05, 3.63) is 69.5 Å². The van der Waals surface area contributed by atoms with Crippen molar-refractivity contribution in [3.8, 4) is 11.5 Å². The van der Waals surface area contributed by atoms with Crippen molar-refractivity contribution in [2.24, 2.45) is 7.05 Å². The fourth-order valence-electron chi connectivity index (χ4n) is 2.59. The summed E-state index contributed by atoms with van der Waals surface area (Å²) in [5, 5.41) is 20.1. The van der Waals surface area contributed by atoms with Gasteiger partial charge in [0.25, 0.3) is 5.69 Å². The second kappa shape index (κ2) is 8.75. The number of non-ortho nitro benzene ring substituents is 1. The maximum Gasteiger partial charge on any atom is 0.270 e. The van der Waals surface area contributed by atoms with Crippen LogP contribution in [0.4, 0.5) is 5.69 Å². The highest BCUT2D eigenvalue weighted by molar-refractivity contribution is 7.98. The number of aryl methyl sites for hydroxylation is 1. The van der Waals surface area contributed by atoms with Gasteiger partial charge in [-0.05, 0) is 24.6 Å². The molecule has 9 heteroatoms. The maximum absolute atomic E-state index is 11.0. The first-order valence-electron chi connectivity index (χ1n) is 8.50. The largest absolute Gasteiger partial charge is 0.496 e. The number of nitro groups is 1. The molecule has 146 valence electrons. The van der Waals surface area contributed by atoms with Crippen LogP contribution in [0.1, 0.15) is 17.0 Å². The van der Waals surface area contributed by atoms with E-state index in [4.69, 9.17) is 9.47 Å². The highest BCUT2D eigenvalue weighted by atomic mass is 32.2. The van der Waals surface area contributed by atoms with Crippen LogP contribution >= 0.6 is 11.8 Å². The number of para-hydroxylation sites is 1. The van der Waals surface area contributed by atoms with Crippen LogP contribution in [-0.2, 0) is 19.4 Å². The van der Waals surface area contributed by atoms with E-state index < -0.39 is 4.92 Å². The molecule has 1 heterocycles. The number of methoxy groups -OCH3 is 1. The Labute approximate surface area is 166 Å². The van der Waals surface area contributed by atoms with Crippen molar-refractivity contribution in [2.45, 2.75) is 24.4 Å². The number of nitrogens with zero attached hydrogens (tertiary/aromatic N) is 4. The molecule has 0 fully saturated rings.